The number of rotatable bonds is 4. The van der Waals surface area contributed by atoms with Gasteiger partial charge in [-0.25, -0.2) is 4.98 Å². The van der Waals surface area contributed by atoms with Crippen LogP contribution in [0.2, 0.25) is 0 Å². The molecule has 0 spiro atoms. The van der Waals surface area contributed by atoms with E-state index in [1.54, 1.807) is 12.4 Å². The van der Waals surface area contributed by atoms with E-state index in [4.69, 9.17) is 0 Å². The molecule has 0 aliphatic rings. The zero-order chi connectivity index (χ0) is 12.9. The highest BCUT2D eigenvalue weighted by Gasteiger charge is 2.16. The van der Waals surface area contributed by atoms with Gasteiger partial charge in [0.25, 0.3) is 0 Å². The Morgan fingerprint density at radius 1 is 1.29 bits per heavy atom. The molecular formula is C12H18N2O2S. The standard InChI is InChI=1S/C12H18N2O2S/c1-12(2,3)17-11(16)6-4-5-10(15)14-8-7-13-9-14/h7-9H,4-6H2,1-3H3. The van der Waals surface area contributed by atoms with Crippen LogP contribution in [0.3, 0.4) is 0 Å². The molecule has 1 aromatic heterocycles. The Balaban J connectivity index is 2.24. The van der Waals surface area contributed by atoms with E-state index in [1.165, 1.54) is 22.7 Å². The van der Waals surface area contributed by atoms with Gasteiger partial charge in [0.1, 0.15) is 6.33 Å². The molecule has 0 saturated carbocycles. The van der Waals surface area contributed by atoms with Gasteiger partial charge in [0.05, 0.1) is 0 Å². The van der Waals surface area contributed by atoms with Gasteiger partial charge in [-0.15, -0.1) is 0 Å². The van der Waals surface area contributed by atoms with Crippen molar-refractivity contribution in [2.45, 2.75) is 44.8 Å². The predicted octanol–water partition coefficient (Wildman–Crippen LogP) is 2.75. The van der Waals surface area contributed by atoms with E-state index in [0.29, 0.717) is 19.3 Å². The van der Waals surface area contributed by atoms with E-state index in [-0.39, 0.29) is 15.8 Å². The number of carbonyl (C=O) groups excluding carboxylic acids is 2. The van der Waals surface area contributed by atoms with Crippen molar-refractivity contribution in [3.05, 3.63) is 18.7 Å². The largest absolute Gasteiger partial charge is 0.287 e. The molecule has 0 amide bonds. The monoisotopic (exact) mass is 254 g/mol. The minimum atomic E-state index is -0.0502. The van der Waals surface area contributed by atoms with Gasteiger partial charge in [-0.3, -0.25) is 14.2 Å². The van der Waals surface area contributed by atoms with E-state index in [2.05, 4.69) is 4.98 Å². The molecule has 0 N–H and O–H groups in total. The van der Waals surface area contributed by atoms with E-state index in [1.807, 2.05) is 20.8 Å². The molecule has 94 valence electrons. The minimum absolute atomic E-state index is 0.0175. The highest BCUT2D eigenvalue weighted by Crippen LogP contribution is 2.25. The van der Waals surface area contributed by atoms with Crippen molar-refractivity contribution in [1.82, 2.24) is 9.55 Å². The maximum atomic E-state index is 11.6. The second-order valence-corrected chi connectivity index (χ2v) is 6.69. The maximum absolute atomic E-state index is 11.6. The van der Waals surface area contributed by atoms with Crippen LogP contribution in [-0.2, 0) is 4.79 Å². The van der Waals surface area contributed by atoms with Gasteiger partial charge in [0.2, 0.25) is 5.91 Å². The Hall–Kier alpha value is -1.10. The second kappa shape index (κ2) is 6.00. The van der Waals surface area contributed by atoms with E-state index in [0.717, 1.165) is 0 Å². The summed E-state index contributed by atoms with van der Waals surface area (Å²) in [5.41, 5.74) is 0. The van der Waals surface area contributed by atoms with Crippen LogP contribution in [0.4, 0.5) is 0 Å². The second-order valence-electron chi connectivity index (χ2n) is 4.80. The molecule has 0 bridgehead atoms. The molecule has 0 aromatic carbocycles. The maximum Gasteiger partial charge on any atom is 0.231 e. The predicted molar refractivity (Wildman–Crippen MR) is 69.1 cm³/mol. The summed E-state index contributed by atoms with van der Waals surface area (Å²) in [6.45, 7) is 6.02. The molecule has 0 atom stereocenters. The van der Waals surface area contributed by atoms with Crippen LogP contribution in [0.15, 0.2) is 18.7 Å². The Bertz CT molecular complexity index is 380. The quantitative estimate of drug-likeness (QED) is 0.829. The summed E-state index contributed by atoms with van der Waals surface area (Å²) in [6, 6.07) is 0. The van der Waals surface area contributed by atoms with Crippen molar-refractivity contribution in [3.63, 3.8) is 0 Å². The number of hydrogen-bond donors (Lipinski definition) is 0. The van der Waals surface area contributed by atoms with E-state index >= 15 is 0 Å². The van der Waals surface area contributed by atoms with Gasteiger partial charge < -0.3 is 0 Å². The minimum Gasteiger partial charge on any atom is -0.287 e. The van der Waals surface area contributed by atoms with E-state index in [9.17, 15) is 9.59 Å². The lowest BCUT2D eigenvalue weighted by Gasteiger charge is -2.15. The lowest BCUT2D eigenvalue weighted by molar-refractivity contribution is -0.111. The van der Waals surface area contributed by atoms with Crippen LogP contribution in [0, 0.1) is 0 Å². The molecule has 0 unspecified atom stereocenters. The summed E-state index contributed by atoms with van der Waals surface area (Å²) in [7, 11) is 0. The zero-order valence-electron chi connectivity index (χ0n) is 10.5. The smallest absolute Gasteiger partial charge is 0.231 e. The molecule has 0 saturated heterocycles. The van der Waals surface area contributed by atoms with Crippen molar-refractivity contribution >= 4 is 22.8 Å². The first kappa shape index (κ1) is 14.0. The Morgan fingerprint density at radius 2 is 2.00 bits per heavy atom. The molecule has 1 rings (SSSR count). The van der Waals surface area contributed by atoms with Crippen LogP contribution < -0.4 is 0 Å². The Morgan fingerprint density at radius 3 is 2.53 bits per heavy atom. The van der Waals surface area contributed by atoms with Gasteiger partial charge in [-0.1, -0.05) is 32.5 Å². The van der Waals surface area contributed by atoms with Crippen LogP contribution in [0.5, 0.6) is 0 Å². The zero-order valence-corrected chi connectivity index (χ0v) is 11.3. The topological polar surface area (TPSA) is 52.0 Å². The number of nitrogens with zero attached hydrogens (tertiary/aromatic N) is 2. The van der Waals surface area contributed by atoms with Crippen molar-refractivity contribution in [3.8, 4) is 0 Å². The third-order valence-corrected chi connectivity index (χ3v) is 3.03. The summed E-state index contributed by atoms with van der Waals surface area (Å²) >= 11 is 1.34. The lowest BCUT2D eigenvalue weighted by Crippen LogP contribution is -2.12. The fraction of sp³-hybridized carbons (Fsp3) is 0.583. The molecule has 17 heavy (non-hydrogen) atoms. The first-order chi connectivity index (χ1) is 7.88. The summed E-state index contributed by atoms with van der Waals surface area (Å²) < 4.78 is 1.40. The highest BCUT2D eigenvalue weighted by atomic mass is 32.2. The molecule has 5 heteroatoms. The number of aromatic nitrogens is 2. The van der Waals surface area contributed by atoms with Gasteiger partial charge in [0.15, 0.2) is 5.12 Å². The van der Waals surface area contributed by atoms with Crippen LogP contribution in [-0.4, -0.2) is 25.3 Å². The van der Waals surface area contributed by atoms with Gasteiger partial charge in [-0.2, -0.15) is 0 Å². The molecular weight excluding hydrogens is 236 g/mol. The molecule has 1 heterocycles. The van der Waals surface area contributed by atoms with Gasteiger partial charge in [-0.05, 0) is 6.42 Å². The van der Waals surface area contributed by atoms with Gasteiger partial charge in [0, 0.05) is 30.0 Å². The fourth-order valence-corrected chi connectivity index (χ4v) is 2.24. The van der Waals surface area contributed by atoms with Crippen molar-refractivity contribution in [2.75, 3.05) is 0 Å². The lowest BCUT2D eigenvalue weighted by atomic mass is 10.2. The molecule has 0 fully saturated rings. The van der Waals surface area contributed by atoms with Crippen LogP contribution in [0.1, 0.15) is 44.8 Å². The average Bonchev–Trinajstić information content (AvgIpc) is 2.66. The third-order valence-electron chi connectivity index (χ3n) is 1.98. The van der Waals surface area contributed by atoms with Crippen LogP contribution in [0.25, 0.3) is 0 Å². The Kier molecular flexibility index (Phi) is 4.93. The molecule has 0 aliphatic heterocycles. The average molecular weight is 254 g/mol. The fourth-order valence-electron chi connectivity index (χ4n) is 1.31. The number of hydrogen-bond acceptors (Lipinski definition) is 4. The van der Waals surface area contributed by atoms with Crippen molar-refractivity contribution < 1.29 is 9.59 Å². The first-order valence-corrected chi connectivity index (χ1v) is 6.43. The molecule has 1 aromatic rings. The molecule has 4 nitrogen and oxygen atoms in total. The molecule has 0 aliphatic carbocycles. The number of imidazole rings is 1. The van der Waals surface area contributed by atoms with E-state index < -0.39 is 0 Å². The highest BCUT2D eigenvalue weighted by molar-refractivity contribution is 8.14. The van der Waals surface area contributed by atoms with Crippen LogP contribution >= 0.6 is 11.8 Å². The summed E-state index contributed by atoms with van der Waals surface area (Å²) in [6.07, 6.45) is 6.09. The summed E-state index contributed by atoms with van der Waals surface area (Å²) in [5.74, 6) is -0.0175. The normalized spacial score (nSPS) is 11.5. The third kappa shape index (κ3) is 5.68. The SMILES string of the molecule is CC(C)(C)SC(=O)CCCC(=O)n1ccnc1. The van der Waals surface area contributed by atoms with Crippen molar-refractivity contribution in [2.24, 2.45) is 0 Å². The Labute approximate surface area is 106 Å². The molecule has 0 radical (unpaired) electrons. The summed E-state index contributed by atoms with van der Waals surface area (Å²) in [4.78, 5) is 26.9. The summed E-state index contributed by atoms with van der Waals surface area (Å²) in [5, 5.41) is 0.149. The number of thioether (sulfide) groups is 1. The van der Waals surface area contributed by atoms with Gasteiger partial charge >= 0.3 is 0 Å². The first-order valence-electron chi connectivity index (χ1n) is 5.61. The number of carbonyl (C=O) groups is 2. The van der Waals surface area contributed by atoms with Crippen molar-refractivity contribution in [1.29, 1.82) is 0 Å².